The van der Waals surface area contributed by atoms with E-state index in [2.05, 4.69) is 62.8 Å². The van der Waals surface area contributed by atoms with Crippen LogP contribution in [0.25, 0.3) is 32.7 Å². The lowest BCUT2D eigenvalue weighted by molar-refractivity contribution is -0.132. The van der Waals surface area contributed by atoms with E-state index in [1.165, 1.54) is 5.39 Å². The maximum Gasteiger partial charge on any atom is 0.229 e. The van der Waals surface area contributed by atoms with Gasteiger partial charge in [-0.15, -0.1) is 0 Å². The van der Waals surface area contributed by atoms with Crippen LogP contribution in [-0.4, -0.2) is 61.9 Å². The molecule has 39 heavy (non-hydrogen) atoms. The Hall–Kier alpha value is -4.52. The fraction of sp³-hybridized carbons (Fsp3) is 0.267. The summed E-state index contributed by atoms with van der Waals surface area (Å²) in [5, 5.41) is 31.9. The predicted molar refractivity (Wildman–Crippen MR) is 148 cm³/mol. The van der Waals surface area contributed by atoms with Crippen LogP contribution in [0.2, 0.25) is 0 Å². The quantitative estimate of drug-likeness (QED) is 0.214. The Bertz CT molecular complexity index is 1870. The molecule has 2 aliphatic rings. The third-order valence-electron chi connectivity index (χ3n) is 8.38. The first kappa shape index (κ1) is 23.6. The minimum absolute atomic E-state index is 0.230. The number of nitrogens with one attached hydrogen (secondary N) is 2. The van der Waals surface area contributed by atoms with Crippen LogP contribution in [0.1, 0.15) is 23.9 Å². The zero-order valence-electron chi connectivity index (χ0n) is 21.4. The van der Waals surface area contributed by atoms with E-state index in [0.29, 0.717) is 29.2 Å². The normalized spacial score (nSPS) is 25.3. The van der Waals surface area contributed by atoms with Crippen molar-refractivity contribution in [2.45, 2.75) is 24.7 Å². The van der Waals surface area contributed by atoms with Crippen molar-refractivity contribution in [3.8, 4) is 11.8 Å². The monoisotopic (exact) mass is 518 g/mol. The molecular weight excluding hydrogens is 492 g/mol. The Kier molecular flexibility index (Phi) is 5.14. The molecule has 2 aromatic heterocycles. The highest BCUT2D eigenvalue weighted by Gasteiger charge is 2.75. The van der Waals surface area contributed by atoms with E-state index in [0.717, 1.165) is 21.7 Å². The summed E-state index contributed by atoms with van der Waals surface area (Å²) in [6.45, 7) is 0. The van der Waals surface area contributed by atoms with Crippen molar-refractivity contribution in [1.29, 1.82) is 0 Å². The smallest absolute Gasteiger partial charge is 0.229 e. The number of nitrogens with zero attached hydrogens (tertiary/aromatic N) is 4. The lowest BCUT2D eigenvalue weighted by Crippen LogP contribution is -2.41. The third kappa shape index (κ3) is 3.29. The summed E-state index contributed by atoms with van der Waals surface area (Å²) >= 11 is 0. The van der Waals surface area contributed by atoms with Crippen molar-refractivity contribution in [1.82, 2.24) is 24.8 Å². The van der Waals surface area contributed by atoms with Gasteiger partial charge in [0.1, 0.15) is 6.10 Å². The fourth-order valence-electron chi connectivity index (χ4n) is 6.43. The molecule has 7 rings (SSSR count). The fourth-order valence-corrected chi connectivity index (χ4v) is 6.43. The van der Waals surface area contributed by atoms with Crippen LogP contribution >= 0.6 is 0 Å². The molecule has 5 aromatic rings. The molecule has 0 bridgehead atoms. The number of anilines is 1. The number of fused-ring (bicyclic) bond motifs is 5. The summed E-state index contributed by atoms with van der Waals surface area (Å²) in [5.74, 6) is 6.74. The Morgan fingerprint density at radius 2 is 1.77 bits per heavy atom. The van der Waals surface area contributed by atoms with Crippen molar-refractivity contribution < 1.29 is 15.0 Å². The summed E-state index contributed by atoms with van der Waals surface area (Å²) in [6.07, 6.45) is -0.227. The molecule has 4 N–H and O–H groups in total. The van der Waals surface area contributed by atoms with E-state index >= 15 is 0 Å². The number of hydrogen-bond donors (Lipinski definition) is 4. The second kappa shape index (κ2) is 8.50. The maximum absolute atomic E-state index is 12.6. The van der Waals surface area contributed by atoms with Gasteiger partial charge in [0.2, 0.25) is 11.7 Å². The van der Waals surface area contributed by atoms with E-state index < -0.39 is 23.7 Å². The number of carbonyl (C=O) groups is 1. The number of aliphatic hydroxyl groups is 2. The van der Waals surface area contributed by atoms with Gasteiger partial charge in [0, 0.05) is 25.6 Å². The van der Waals surface area contributed by atoms with Crippen LogP contribution in [-0.2, 0) is 4.79 Å². The number of aliphatic hydroxyl groups excluding tert-OH is 2. The molecule has 9 nitrogen and oxygen atoms in total. The zero-order chi connectivity index (χ0) is 26.9. The lowest BCUT2D eigenvalue weighted by Gasteiger charge is -2.23. The lowest BCUT2D eigenvalue weighted by atomic mass is 9.97. The van der Waals surface area contributed by atoms with Crippen molar-refractivity contribution in [2.75, 3.05) is 19.4 Å². The molecule has 0 saturated heterocycles. The summed E-state index contributed by atoms with van der Waals surface area (Å²) in [6, 6.07) is 17.9. The van der Waals surface area contributed by atoms with Crippen molar-refractivity contribution in [3.05, 3.63) is 72.3 Å². The summed E-state index contributed by atoms with van der Waals surface area (Å²) < 4.78 is 1.75. The Morgan fingerprint density at radius 3 is 2.54 bits per heavy atom. The first-order chi connectivity index (χ1) is 19.0. The first-order valence-corrected chi connectivity index (χ1v) is 12.9. The number of amides is 1. The van der Waals surface area contributed by atoms with E-state index in [9.17, 15) is 15.0 Å². The number of carbonyl (C=O) groups excluding carboxylic acids is 1. The molecule has 0 unspecified atom stereocenters. The van der Waals surface area contributed by atoms with Crippen molar-refractivity contribution in [3.63, 3.8) is 0 Å². The largest absolute Gasteiger partial charge is 0.389 e. The van der Waals surface area contributed by atoms with Crippen molar-refractivity contribution >= 4 is 44.4 Å². The molecule has 3 aromatic carbocycles. The molecule has 2 fully saturated rings. The van der Waals surface area contributed by atoms with E-state index in [4.69, 9.17) is 4.98 Å². The SMILES string of the molecule is CNC(=O)[C@@]12C[C@@H]1[C@@H](n1cnc3c(NC)nc(C#Cc4cc5ccccc5c5ccccc45)nc31)[C@H](O)[C@@H]2O. The van der Waals surface area contributed by atoms with E-state index in [1.807, 2.05) is 24.3 Å². The van der Waals surface area contributed by atoms with Gasteiger partial charge in [0.05, 0.1) is 23.9 Å². The Morgan fingerprint density at radius 1 is 1.03 bits per heavy atom. The third-order valence-corrected chi connectivity index (χ3v) is 8.38. The summed E-state index contributed by atoms with van der Waals surface area (Å²) in [4.78, 5) is 26.4. The van der Waals surface area contributed by atoms with Crippen molar-refractivity contribution in [2.24, 2.45) is 11.3 Å². The topological polar surface area (TPSA) is 125 Å². The van der Waals surface area contributed by atoms with Crippen LogP contribution < -0.4 is 10.6 Å². The highest BCUT2D eigenvalue weighted by atomic mass is 16.3. The average Bonchev–Trinajstić information content (AvgIpc) is 3.51. The van der Waals surface area contributed by atoms with Crippen LogP contribution in [0.3, 0.4) is 0 Å². The minimum Gasteiger partial charge on any atom is -0.389 e. The van der Waals surface area contributed by atoms with Gasteiger partial charge < -0.3 is 25.4 Å². The number of rotatable bonds is 3. The van der Waals surface area contributed by atoms with Gasteiger partial charge in [-0.25, -0.2) is 15.0 Å². The highest BCUT2D eigenvalue weighted by Crippen LogP contribution is 2.67. The van der Waals surface area contributed by atoms with Gasteiger partial charge in [0.25, 0.3) is 0 Å². The number of imidazole rings is 1. The molecule has 2 saturated carbocycles. The molecule has 0 radical (unpaired) electrons. The van der Waals surface area contributed by atoms with Gasteiger partial charge in [-0.05, 0) is 40.0 Å². The van der Waals surface area contributed by atoms with Gasteiger partial charge in [-0.1, -0.05) is 54.5 Å². The summed E-state index contributed by atoms with van der Waals surface area (Å²) in [5.41, 5.74) is 0.890. The summed E-state index contributed by atoms with van der Waals surface area (Å²) in [7, 11) is 3.29. The average molecular weight is 519 g/mol. The van der Waals surface area contributed by atoms with E-state index in [1.54, 1.807) is 25.0 Å². The maximum atomic E-state index is 12.6. The number of aromatic nitrogens is 4. The molecule has 5 atom stereocenters. The molecular formula is C30H26N6O3. The van der Waals surface area contributed by atoms with Gasteiger partial charge in [0.15, 0.2) is 17.0 Å². The molecule has 1 amide bonds. The van der Waals surface area contributed by atoms with Crippen LogP contribution in [0.15, 0.2) is 60.9 Å². The van der Waals surface area contributed by atoms with Gasteiger partial charge in [-0.3, -0.25) is 4.79 Å². The first-order valence-electron chi connectivity index (χ1n) is 12.9. The molecule has 9 heteroatoms. The second-order valence-electron chi connectivity index (χ2n) is 10.3. The number of hydrogen-bond acceptors (Lipinski definition) is 7. The molecule has 194 valence electrons. The molecule has 2 heterocycles. The second-order valence-corrected chi connectivity index (χ2v) is 10.3. The van der Waals surface area contributed by atoms with Crippen LogP contribution in [0.4, 0.5) is 5.82 Å². The standard InChI is InChI=1S/C30H26N6O3/c1-31-27-23-28(36(15-33-23)24-21-14-30(21,29(39)32-2)26(38)25(24)37)35-22(34-27)12-11-17-13-16-7-3-4-8-18(16)20-10-6-5-9-19(17)20/h3-10,13,15,21,24-26,37-38H,14H2,1-2H3,(H,32,39)(H,31,34,35)/t21-,24-,25+,26+,30+/m1/s1. The molecule has 0 spiro atoms. The van der Waals surface area contributed by atoms with Gasteiger partial charge >= 0.3 is 0 Å². The van der Waals surface area contributed by atoms with Crippen LogP contribution in [0.5, 0.6) is 0 Å². The minimum atomic E-state index is -1.17. The highest BCUT2D eigenvalue weighted by molar-refractivity contribution is 6.09. The molecule has 0 aliphatic heterocycles. The Labute approximate surface area is 223 Å². The number of benzene rings is 3. The van der Waals surface area contributed by atoms with Crippen LogP contribution in [0, 0.1) is 23.2 Å². The zero-order valence-corrected chi connectivity index (χ0v) is 21.4. The van der Waals surface area contributed by atoms with E-state index in [-0.39, 0.29) is 11.8 Å². The molecule has 2 aliphatic carbocycles. The Balaban J connectivity index is 1.34. The predicted octanol–water partition coefficient (Wildman–Crippen LogP) is 2.60. The van der Waals surface area contributed by atoms with Gasteiger partial charge in [-0.2, -0.15) is 0 Å².